The molecule has 0 saturated heterocycles. The largest absolute Gasteiger partial charge is 0.507 e. The molecule has 8 aromatic carbocycles. The molecule has 0 fully saturated rings. The fourth-order valence-electron chi connectivity index (χ4n) is 16.4. The zero-order valence-corrected chi connectivity index (χ0v) is 77.6. The molecule has 120 heavy (non-hydrogen) atoms. The molecule has 2 aliphatic carbocycles. The van der Waals surface area contributed by atoms with Crippen LogP contribution in [-0.2, 0) is 123 Å². The standard InChI is InChI=1S/C106H144O14/c1-26-106(63-115-30-27-112-33-36-118-95-76-41-70-51-83(99(5,6)7)49-68(91(70)108)39-66-47-82(98(2,3)4)48-67(90(66)107)40-69-50-84(100(8,9)10)52-71(92(69)109)42-77(95)58-87(57-76)103(17,18)19)64-116-31-28-113-34-37-119-96-78-43-72-53-85(101(11,12)13)54-73(93(72)110)44-79-60-89(105(23,24)25)62-81(97(79)120-38-35-114-29-32-117-65-106)46-75-56-86(102(14,15)16)55-74(94(75)111)45-80(96)61-88(59-78)104(20,21)22/h47-62,107-111H,26-46,63-65H2,1-25H3. The van der Waals surface area contributed by atoms with Gasteiger partial charge in [-0.3, -0.25) is 0 Å². The Hall–Kier alpha value is -8.08. The number of ether oxygens (including phenoxy) is 9. The summed E-state index contributed by atoms with van der Waals surface area (Å²) in [7, 11) is 0. The number of benzene rings is 8. The lowest BCUT2D eigenvalue weighted by atomic mass is 9.79. The molecule has 0 radical (unpaired) electrons. The van der Waals surface area contributed by atoms with E-state index < -0.39 is 5.41 Å². The number of phenolic OH excluding ortho intramolecular Hbond substituents is 5. The van der Waals surface area contributed by atoms with Crippen LogP contribution in [0.1, 0.15) is 313 Å². The van der Waals surface area contributed by atoms with Gasteiger partial charge in [0, 0.05) is 56.8 Å². The molecule has 2 heterocycles. The molecule has 8 aromatic rings. The molecule has 0 atom stereocenters. The molecule has 4 aliphatic rings. The number of fused-ring (bicyclic) bond motifs is 24. The molecule has 14 heteroatoms. The third-order valence-corrected chi connectivity index (χ3v) is 24.6. The lowest BCUT2D eigenvalue weighted by molar-refractivity contribution is -0.0901. The van der Waals surface area contributed by atoms with Crippen molar-refractivity contribution in [2.45, 2.75) is 274 Å². The fraction of sp³-hybridized carbons (Fsp3) is 0.547. The first-order valence-electron chi connectivity index (χ1n) is 44.1. The summed E-state index contributed by atoms with van der Waals surface area (Å²) in [5.41, 5.74) is 19.4. The monoisotopic (exact) mass is 1640 g/mol. The van der Waals surface area contributed by atoms with Gasteiger partial charge in [-0.05, 0) is 183 Å². The molecular weight excluding hydrogens is 1500 g/mol. The van der Waals surface area contributed by atoms with E-state index in [0.29, 0.717) is 134 Å². The van der Waals surface area contributed by atoms with E-state index in [2.05, 4.69) is 270 Å². The minimum absolute atomic E-state index is 0.174. The highest BCUT2D eigenvalue weighted by molar-refractivity contribution is 5.63. The molecular formula is C106H144O14. The van der Waals surface area contributed by atoms with Gasteiger partial charge in [0.25, 0.3) is 0 Å². The van der Waals surface area contributed by atoms with Gasteiger partial charge in [0.05, 0.1) is 79.3 Å². The number of phenols is 5. The van der Waals surface area contributed by atoms with Crippen LogP contribution >= 0.6 is 0 Å². The van der Waals surface area contributed by atoms with Crippen molar-refractivity contribution in [2.24, 2.45) is 5.41 Å². The Labute approximate surface area is 719 Å². The summed E-state index contributed by atoms with van der Waals surface area (Å²) < 4.78 is 60.0. The zero-order valence-electron chi connectivity index (χ0n) is 77.6. The maximum atomic E-state index is 12.9. The Morgan fingerprint density at radius 3 is 0.708 bits per heavy atom. The summed E-state index contributed by atoms with van der Waals surface area (Å²) in [5.74, 6) is 3.18. The predicted octanol–water partition coefficient (Wildman–Crippen LogP) is 22.3. The van der Waals surface area contributed by atoms with E-state index in [1.165, 1.54) is 0 Å². The van der Waals surface area contributed by atoms with Crippen LogP contribution in [0.5, 0.6) is 46.0 Å². The molecule has 0 aromatic heterocycles. The highest BCUT2D eigenvalue weighted by atomic mass is 16.6. The van der Waals surface area contributed by atoms with Crippen molar-refractivity contribution in [3.05, 3.63) is 231 Å². The number of rotatable bonds is 10. The molecule has 0 spiro atoms. The molecule has 0 amide bonds. The molecule has 2 aliphatic heterocycles. The first kappa shape index (κ1) is 92.6. The van der Waals surface area contributed by atoms with Crippen molar-refractivity contribution < 1.29 is 68.2 Å². The molecule has 14 nitrogen and oxygen atoms in total. The van der Waals surface area contributed by atoms with Gasteiger partial charge in [0.1, 0.15) is 65.8 Å². The van der Waals surface area contributed by atoms with Crippen LogP contribution in [0.2, 0.25) is 0 Å². The van der Waals surface area contributed by atoms with E-state index in [4.69, 9.17) is 42.6 Å². The predicted molar refractivity (Wildman–Crippen MR) is 486 cm³/mol. The Morgan fingerprint density at radius 2 is 0.458 bits per heavy atom. The summed E-state index contributed by atoms with van der Waals surface area (Å²) in [5, 5.41) is 63.5. The van der Waals surface area contributed by atoms with Crippen molar-refractivity contribution in [2.75, 3.05) is 99.1 Å². The van der Waals surface area contributed by atoms with Gasteiger partial charge in [0.2, 0.25) is 0 Å². The quantitative estimate of drug-likeness (QED) is 0.0644. The van der Waals surface area contributed by atoms with Crippen molar-refractivity contribution in [1.29, 1.82) is 0 Å². The smallest absolute Gasteiger partial charge is 0.126 e. The Morgan fingerprint density at radius 1 is 0.258 bits per heavy atom. The highest BCUT2D eigenvalue weighted by Gasteiger charge is 2.35. The first-order chi connectivity index (χ1) is 56.0. The summed E-state index contributed by atoms with van der Waals surface area (Å²) in [6, 6.07) is 34.8. The van der Waals surface area contributed by atoms with E-state index >= 15 is 0 Å². The van der Waals surface area contributed by atoms with E-state index in [-0.39, 0.29) is 112 Å². The Kier molecular flexibility index (Phi) is 28.4. The fourth-order valence-corrected chi connectivity index (χ4v) is 16.4. The molecule has 652 valence electrons. The van der Waals surface area contributed by atoms with Crippen LogP contribution in [0.3, 0.4) is 0 Å². The van der Waals surface area contributed by atoms with Crippen LogP contribution < -0.4 is 14.2 Å². The van der Waals surface area contributed by atoms with Gasteiger partial charge in [0.15, 0.2) is 0 Å². The minimum atomic E-state index is -0.529. The second-order valence-corrected chi connectivity index (χ2v) is 42.9. The van der Waals surface area contributed by atoms with Crippen LogP contribution in [0.4, 0.5) is 0 Å². The van der Waals surface area contributed by atoms with Gasteiger partial charge in [-0.15, -0.1) is 0 Å². The van der Waals surface area contributed by atoms with E-state index in [9.17, 15) is 25.5 Å². The molecule has 0 unspecified atom stereocenters. The van der Waals surface area contributed by atoms with Crippen molar-refractivity contribution in [1.82, 2.24) is 0 Å². The summed E-state index contributed by atoms with van der Waals surface area (Å²) in [6.07, 6.45) is 3.56. The van der Waals surface area contributed by atoms with Crippen LogP contribution in [0.25, 0.3) is 0 Å². The van der Waals surface area contributed by atoms with Crippen LogP contribution in [0, 0.1) is 5.41 Å². The summed E-state index contributed by atoms with van der Waals surface area (Å²) >= 11 is 0. The normalized spacial score (nSPS) is 16.1. The van der Waals surface area contributed by atoms with Gasteiger partial charge >= 0.3 is 0 Å². The second-order valence-electron chi connectivity index (χ2n) is 42.9. The second kappa shape index (κ2) is 36.8. The lowest BCUT2D eigenvalue weighted by Crippen LogP contribution is -2.38. The van der Waals surface area contributed by atoms with Gasteiger partial charge in [-0.1, -0.05) is 270 Å². The maximum absolute atomic E-state index is 12.9. The van der Waals surface area contributed by atoms with E-state index in [1.54, 1.807) is 0 Å². The molecule has 5 N–H and O–H groups in total. The average molecular weight is 1640 g/mol. The first-order valence-corrected chi connectivity index (χ1v) is 44.1. The van der Waals surface area contributed by atoms with E-state index in [0.717, 1.165) is 134 Å². The van der Waals surface area contributed by atoms with Crippen LogP contribution in [0.15, 0.2) is 97.1 Å². The highest BCUT2D eigenvalue weighted by Crippen LogP contribution is 2.48. The lowest BCUT2D eigenvalue weighted by Gasteiger charge is -2.32. The maximum Gasteiger partial charge on any atom is 0.126 e. The van der Waals surface area contributed by atoms with Crippen LogP contribution in [-0.4, -0.2) is 125 Å². The summed E-state index contributed by atoms with van der Waals surface area (Å²) in [4.78, 5) is 0. The number of hydrogen-bond acceptors (Lipinski definition) is 14. The SMILES string of the molecule is CCC1(COCCOCCOc2c3cc(C(C)(C)C)cc2Cc2cc(C(C)(C)C)cc(c2O)Cc2cc(C(C)(C)C)cc(c2O)Cc2cc(C(C)(C)C)cc(c2O)C3)COCCOCCOc2c3cc(C(C)(C)C)cc2Cc2cc(C(C)(C)C)cc(c2O)Cc2cc(C(C)(C)C)cc(c2OCCOCCOC1)Cc1cc(C(C)(C)C)cc(c1O)C3. The Balaban J connectivity index is 0.846. The number of aromatic hydroxyl groups is 5. The minimum Gasteiger partial charge on any atom is -0.507 e. The molecule has 0 saturated carbocycles. The number of hydrogen-bond donors (Lipinski definition) is 5. The van der Waals surface area contributed by atoms with Gasteiger partial charge < -0.3 is 68.2 Å². The van der Waals surface area contributed by atoms with Gasteiger partial charge in [-0.25, -0.2) is 0 Å². The third-order valence-electron chi connectivity index (χ3n) is 24.6. The summed E-state index contributed by atoms with van der Waals surface area (Å²) in [6.45, 7) is 59.7. The van der Waals surface area contributed by atoms with Crippen molar-refractivity contribution >= 4 is 0 Å². The van der Waals surface area contributed by atoms with Crippen molar-refractivity contribution in [3.8, 4) is 46.0 Å². The van der Waals surface area contributed by atoms with Crippen molar-refractivity contribution in [3.63, 3.8) is 0 Å². The molecule has 12 rings (SSSR count). The molecule has 18 bridgehead atoms. The average Bonchev–Trinajstić information content (AvgIpc) is 0.764. The van der Waals surface area contributed by atoms with E-state index in [1.807, 2.05) is 0 Å². The third kappa shape index (κ3) is 22.8. The Bertz CT molecular complexity index is 4570. The topological polar surface area (TPSA) is 184 Å². The van der Waals surface area contributed by atoms with Gasteiger partial charge in [-0.2, -0.15) is 0 Å². The zero-order chi connectivity index (χ0) is 87.6.